The van der Waals surface area contributed by atoms with Gasteiger partial charge in [-0.1, -0.05) is 51.1 Å². The van der Waals surface area contributed by atoms with Crippen molar-refractivity contribution in [1.29, 1.82) is 0 Å². The minimum Gasteiger partial charge on any atom is -0.454 e. The molecule has 1 amide bonds. The van der Waals surface area contributed by atoms with E-state index >= 15 is 0 Å². The summed E-state index contributed by atoms with van der Waals surface area (Å²) in [5.74, 6) is -0.825. The van der Waals surface area contributed by atoms with Gasteiger partial charge in [0.1, 0.15) is 0 Å². The Balaban J connectivity index is 1.52. The Hall–Kier alpha value is -2.47. The van der Waals surface area contributed by atoms with Gasteiger partial charge in [-0.3, -0.25) is 14.4 Å². The Morgan fingerprint density at radius 3 is 2.23 bits per heavy atom. The summed E-state index contributed by atoms with van der Waals surface area (Å²) in [6, 6.07) is 11.2. The molecule has 2 aromatic rings. The highest BCUT2D eigenvalue weighted by atomic mass is 32.1. The van der Waals surface area contributed by atoms with Gasteiger partial charge < -0.3 is 9.64 Å². The summed E-state index contributed by atoms with van der Waals surface area (Å²) in [7, 11) is 0. The highest BCUT2D eigenvalue weighted by Crippen LogP contribution is 2.24. The topological polar surface area (TPSA) is 63.7 Å². The zero-order valence-corrected chi connectivity index (χ0v) is 18.8. The van der Waals surface area contributed by atoms with Crippen molar-refractivity contribution in [2.24, 2.45) is 5.92 Å². The fraction of sp³-hybridized carbons (Fsp3) is 0.458. The van der Waals surface area contributed by atoms with Crippen molar-refractivity contribution >= 4 is 29.0 Å². The number of nitrogens with zero attached hydrogens (tertiary/aromatic N) is 1. The molecule has 1 saturated heterocycles. The summed E-state index contributed by atoms with van der Waals surface area (Å²) in [6.45, 7) is 9.02. The number of thiophene rings is 1. The van der Waals surface area contributed by atoms with E-state index in [9.17, 15) is 14.4 Å². The summed E-state index contributed by atoms with van der Waals surface area (Å²) in [6.07, 6.45) is 0.276. The van der Waals surface area contributed by atoms with Gasteiger partial charge in [-0.2, -0.15) is 0 Å². The molecule has 30 heavy (non-hydrogen) atoms. The number of esters is 1. The van der Waals surface area contributed by atoms with E-state index in [2.05, 4.69) is 20.8 Å². The van der Waals surface area contributed by atoms with Gasteiger partial charge in [-0.05, 0) is 42.2 Å². The smallest absolute Gasteiger partial charge is 0.309 e. The SMILES string of the molecule is C[C@@H](OC(=O)C1CCN(C(=O)c2cccs2)CC1)C(=O)c1ccc(C(C)(C)C)cc1. The first-order valence-electron chi connectivity index (χ1n) is 10.3. The lowest BCUT2D eigenvalue weighted by atomic mass is 9.86. The Kier molecular flexibility index (Phi) is 6.76. The molecule has 0 bridgehead atoms. The molecule has 5 nitrogen and oxygen atoms in total. The maximum absolute atomic E-state index is 12.7. The lowest BCUT2D eigenvalue weighted by Gasteiger charge is -2.31. The summed E-state index contributed by atoms with van der Waals surface area (Å²) < 4.78 is 5.48. The van der Waals surface area contributed by atoms with Crippen molar-refractivity contribution < 1.29 is 19.1 Å². The van der Waals surface area contributed by atoms with Crippen LogP contribution in [0.25, 0.3) is 0 Å². The molecule has 160 valence electrons. The van der Waals surface area contributed by atoms with Gasteiger partial charge in [-0.25, -0.2) is 0 Å². The van der Waals surface area contributed by atoms with Gasteiger partial charge in [0.15, 0.2) is 6.10 Å². The first-order chi connectivity index (χ1) is 14.2. The molecule has 3 rings (SSSR count). The van der Waals surface area contributed by atoms with Gasteiger partial charge in [0.05, 0.1) is 10.8 Å². The Morgan fingerprint density at radius 2 is 1.70 bits per heavy atom. The predicted octanol–water partition coefficient (Wildman–Crippen LogP) is 4.71. The van der Waals surface area contributed by atoms with Gasteiger partial charge in [-0.15, -0.1) is 11.3 Å². The van der Waals surface area contributed by atoms with Crippen LogP contribution in [0.15, 0.2) is 41.8 Å². The second-order valence-corrected chi connectivity index (χ2v) is 9.76. The van der Waals surface area contributed by atoms with Crippen molar-refractivity contribution in [1.82, 2.24) is 4.90 Å². The number of benzene rings is 1. The Labute approximate surface area is 182 Å². The summed E-state index contributed by atoms with van der Waals surface area (Å²) in [5.41, 5.74) is 1.70. The fourth-order valence-corrected chi connectivity index (χ4v) is 4.26. The number of hydrogen-bond acceptors (Lipinski definition) is 5. The van der Waals surface area contributed by atoms with E-state index in [1.54, 1.807) is 24.0 Å². The zero-order chi connectivity index (χ0) is 21.9. The number of carbonyl (C=O) groups is 3. The van der Waals surface area contributed by atoms with Crippen LogP contribution in [0.1, 0.15) is 66.1 Å². The second-order valence-electron chi connectivity index (χ2n) is 8.81. The molecule has 0 unspecified atom stereocenters. The maximum atomic E-state index is 12.7. The number of hydrogen-bond donors (Lipinski definition) is 0. The minimum atomic E-state index is -0.830. The molecule has 2 heterocycles. The summed E-state index contributed by atoms with van der Waals surface area (Å²) in [5, 5.41) is 1.88. The first-order valence-corrected chi connectivity index (χ1v) is 11.2. The average molecular weight is 428 g/mol. The molecule has 0 radical (unpaired) electrons. The van der Waals surface area contributed by atoms with Crippen LogP contribution in [0.5, 0.6) is 0 Å². The molecule has 0 aliphatic carbocycles. The third-order valence-corrected chi connectivity index (χ3v) is 6.40. The number of ketones is 1. The third kappa shape index (κ3) is 5.17. The van der Waals surface area contributed by atoms with E-state index in [0.717, 1.165) is 5.56 Å². The van der Waals surface area contributed by atoms with Crippen molar-refractivity contribution in [3.8, 4) is 0 Å². The van der Waals surface area contributed by atoms with E-state index in [1.807, 2.05) is 29.6 Å². The van der Waals surface area contributed by atoms with Gasteiger partial charge in [0, 0.05) is 18.7 Å². The molecule has 1 aliphatic rings. The summed E-state index contributed by atoms with van der Waals surface area (Å²) >= 11 is 1.42. The number of likely N-dealkylation sites (tertiary alicyclic amines) is 1. The van der Waals surface area contributed by atoms with Gasteiger partial charge >= 0.3 is 5.97 Å². The second kappa shape index (κ2) is 9.13. The number of Topliss-reactive ketones (excluding diaryl/α,β-unsaturated/α-hetero) is 1. The highest BCUT2D eigenvalue weighted by molar-refractivity contribution is 7.12. The molecule has 6 heteroatoms. The van der Waals surface area contributed by atoms with E-state index in [-0.39, 0.29) is 29.0 Å². The van der Waals surface area contributed by atoms with Crippen molar-refractivity contribution in [3.05, 3.63) is 57.8 Å². The maximum Gasteiger partial charge on any atom is 0.309 e. The first kappa shape index (κ1) is 22.2. The molecule has 1 fully saturated rings. The van der Waals surface area contributed by atoms with Crippen LogP contribution in [0.2, 0.25) is 0 Å². The summed E-state index contributed by atoms with van der Waals surface area (Å²) in [4.78, 5) is 40.1. The lowest BCUT2D eigenvalue weighted by molar-refractivity contribution is -0.152. The lowest BCUT2D eigenvalue weighted by Crippen LogP contribution is -2.41. The quantitative estimate of drug-likeness (QED) is 0.512. The fourth-order valence-electron chi connectivity index (χ4n) is 3.57. The predicted molar refractivity (Wildman–Crippen MR) is 118 cm³/mol. The zero-order valence-electron chi connectivity index (χ0n) is 18.0. The van der Waals surface area contributed by atoms with Crippen LogP contribution in [0.4, 0.5) is 0 Å². The van der Waals surface area contributed by atoms with E-state index in [1.165, 1.54) is 11.3 Å². The number of carbonyl (C=O) groups excluding carboxylic acids is 3. The molecular weight excluding hydrogens is 398 g/mol. The molecular formula is C24H29NO4S. The molecule has 1 aromatic heterocycles. The van der Waals surface area contributed by atoms with Crippen molar-refractivity contribution in [2.45, 2.75) is 52.1 Å². The number of piperidine rings is 1. The third-order valence-electron chi connectivity index (χ3n) is 5.55. The van der Waals surface area contributed by atoms with Crippen LogP contribution in [-0.4, -0.2) is 41.8 Å². The molecule has 0 spiro atoms. The van der Waals surface area contributed by atoms with Crippen LogP contribution in [0.3, 0.4) is 0 Å². The van der Waals surface area contributed by atoms with Crippen LogP contribution >= 0.6 is 11.3 Å². The molecule has 1 aromatic carbocycles. The molecule has 0 saturated carbocycles. The number of rotatable bonds is 5. The van der Waals surface area contributed by atoms with E-state index < -0.39 is 6.10 Å². The molecule has 0 N–H and O–H groups in total. The normalized spacial score (nSPS) is 16.2. The van der Waals surface area contributed by atoms with Crippen molar-refractivity contribution in [3.63, 3.8) is 0 Å². The monoisotopic (exact) mass is 427 g/mol. The minimum absolute atomic E-state index is 0.0130. The highest BCUT2D eigenvalue weighted by Gasteiger charge is 2.31. The van der Waals surface area contributed by atoms with E-state index in [4.69, 9.17) is 4.74 Å². The van der Waals surface area contributed by atoms with Gasteiger partial charge in [0.25, 0.3) is 5.91 Å². The standard InChI is InChI=1S/C24H29NO4S/c1-16(21(26)17-7-9-19(10-8-17)24(2,3)4)29-23(28)18-11-13-25(14-12-18)22(27)20-6-5-15-30-20/h5-10,15-16,18H,11-14H2,1-4H3/t16-/m1/s1. The molecule has 1 atom stereocenters. The van der Waals surface area contributed by atoms with Crippen LogP contribution in [0, 0.1) is 5.92 Å². The Morgan fingerprint density at radius 1 is 1.07 bits per heavy atom. The van der Waals surface area contributed by atoms with Crippen LogP contribution < -0.4 is 0 Å². The number of amides is 1. The van der Waals surface area contributed by atoms with Crippen LogP contribution in [-0.2, 0) is 14.9 Å². The Bertz CT molecular complexity index is 888. The number of ether oxygens (including phenoxy) is 1. The molecule has 1 aliphatic heterocycles. The average Bonchev–Trinajstić information content (AvgIpc) is 3.27. The van der Waals surface area contributed by atoms with Crippen molar-refractivity contribution in [2.75, 3.05) is 13.1 Å². The largest absolute Gasteiger partial charge is 0.454 e. The van der Waals surface area contributed by atoms with E-state index in [0.29, 0.717) is 36.4 Å². The van der Waals surface area contributed by atoms with Gasteiger partial charge in [0.2, 0.25) is 5.78 Å².